The van der Waals surface area contributed by atoms with E-state index in [0.717, 1.165) is 13.7 Å². The zero-order valence-corrected chi connectivity index (χ0v) is 9.67. The van der Waals surface area contributed by atoms with E-state index in [1.165, 1.54) is 5.48 Å². The zero-order valence-electron chi connectivity index (χ0n) is 8.85. The Balaban J connectivity index is 0. The topological polar surface area (TPSA) is 109 Å². The van der Waals surface area contributed by atoms with Crippen molar-refractivity contribution in [3.05, 3.63) is 12.2 Å². The fourth-order valence-corrected chi connectivity index (χ4v) is 0.260. The number of hydrogen-bond donors (Lipinski definition) is 1. The van der Waals surface area contributed by atoms with Gasteiger partial charge in [0.2, 0.25) is 10.4 Å². The molecule has 0 saturated heterocycles. The van der Waals surface area contributed by atoms with Gasteiger partial charge in [0.15, 0.2) is 0 Å². The maximum atomic E-state index is 10.5. The van der Waals surface area contributed by atoms with Gasteiger partial charge in [-0.25, -0.2) is 13.2 Å². The first kappa shape index (κ1) is 16.5. The second-order valence-corrected chi connectivity index (χ2v) is 3.49. The van der Waals surface area contributed by atoms with Gasteiger partial charge in [-0.05, 0) is 13.8 Å². The van der Waals surface area contributed by atoms with Gasteiger partial charge in [0, 0.05) is 5.57 Å². The average Bonchev–Trinajstić information content (AvgIpc) is 2.13. The molecule has 0 aliphatic heterocycles. The minimum atomic E-state index is -4.41. The van der Waals surface area contributed by atoms with Gasteiger partial charge in [-0.15, -0.1) is 0 Å². The molecule has 0 fully saturated rings. The second-order valence-electron chi connectivity index (χ2n) is 2.34. The lowest BCUT2D eigenvalue weighted by Gasteiger charge is -1.98. The summed E-state index contributed by atoms with van der Waals surface area (Å²) in [7, 11) is -3.60. The fraction of sp³-hybridized carbons (Fsp3) is 0.571. The highest BCUT2D eigenvalue weighted by Crippen LogP contribution is 1.85. The largest absolute Gasteiger partial charge is 0.726 e. The first-order chi connectivity index (χ1) is 6.74. The summed E-state index contributed by atoms with van der Waals surface area (Å²) < 4.78 is 31.0. The lowest BCUT2D eigenvalue weighted by molar-refractivity contribution is -0.869. The number of rotatable bonds is 4. The van der Waals surface area contributed by atoms with Crippen LogP contribution in [0.25, 0.3) is 0 Å². The summed E-state index contributed by atoms with van der Waals surface area (Å²) in [5.41, 5.74) is 1.89. The maximum Gasteiger partial charge on any atom is 0.392 e. The van der Waals surface area contributed by atoms with Crippen LogP contribution in [0, 0.1) is 0 Å². The van der Waals surface area contributed by atoms with Crippen molar-refractivity contribution in [3.8, 4) is 0 Å². The van der Waals surface area contributed by atoms with Crippen molar-refractivity contribution in [1.82, 2.24) is 0 Å². The molecule has 2 N–H and O–H groups in total. The highest BCUT2D eigenvalue weighted by molar-refractivity contribution is 7.80. The summed E-state index contributed by atoms with van der Waals surface area (Å²) in [6, 6.07) is 0. The highest BCUT2D eigenvalue weighted by Gasteiger charge is 2.03. The molecule has 7 nitrogen and oxygen atoms in total. The molecule has 0 bridgehead atoms. The van der Waals surface area contributed by atoms with Crippen molar-refractivity contribution in [1.29, 1.82) is 0 Å². The normalized spacial score (nSPS) is 9.87. The van der Waals surface area contributed by atoms with Crippen LogP contribution < -0.4 is 5.48 Å². The van der Waals surface area contributed by atoms with Crippen LogP contribution in [0.1, 0.15) is 13.8 Å². The summed E-state index contributed by atoms with van der Waals surface area (Å²) in [6.07, 6.45) is 0. The third-order valence-electron chi connectivity index (χ3n) is 0.910. The molecule has 0 amide bonds. The van der Waals surface area contributed by atoms with Crippen molar-refractivity contribution in [2.24, 2.45) is 0 Å². The molecule has 8 heteroatoms. The number of nitrogens with two attached hydrogens (primary N) is 1. The molecule has 0 heterocycles. The van der Waals surface area contributed by atoms with Crippen LogP contribution in [0.2, 0.25) is 0 Å². The first-order valence-electron chi connectivity index (χ1n) is 3.94. The Morgan fingerprint density at radius 1 is 1.53 bits per heavy atom. The number of carbonyl (C=O) groups is 1. The van der Waals surface area contributed by atoms with E-state index in [4.69, 9.17) is 0 Å². The number of quaternary nitrogens is 1. The van der Waals surface area contributed by atoms with Gasteiger partial charge in [-0.2, -0.15) is 5.48 Å². The number of carbonyl (C=O) groups excluding carboxylic acids is 1. The summed E-state index contributed by atoms with van der Waals surface area (Å²) in [4.78, 5) is 15.1. The molecule has 0 unspecified atom stereocenters. The van der Waals surface area contributed by atoms with E-state index in [1.54, 1.807) is 6.92 Å². The lowest BCUT2D eigenvalue weighted by atomic mass is 10.4. The smallest absolute Gasteiger partial charge is 0.392 e. The molecule has 90 valence electrons. The molecule has 0 rings (SSSR count). The summed E-state index contributed by atoms with van der Waals surface area (Å²) in [5.74, 6) is -0.350. The quantitative estimate of drug-likeness (QED) is 0.283. The Bertz CT molecular complexity index is 297. The summed E-state index contributed by atoms with van der Waals surface area (Å²) >= 11 is 0. The zero-order chi connectivity index (χ0) is 12.5. The van der Waals surface area contributed by atoms with E-state index in [2.05, 4.69) is 15.6 Å². The van der Waals surface area contributed by atoms with Crippen LogP contribution in [0.4, 0.5) is 0 Å². The molecular formula is C7H15NO6S. The molecular weight excluding hydrogens is 226 g/mol. The van der Waals surface area contributed by atoms with E-state index >= 15 is 0 Å². The van der Waals surface area contributed by atoms with Gasteiger partial charge in [-0.3, -0.25) is 9.02 Å². The monoisotopic (exact) mass is 241 g/mol. The van der Waals surface area contributed by atoms with Crippen molar-refractivity contribution in [2.75, 3.05) is 13.7 Å². The number of hydrogen-bond acceptors (Lipinski definition) is 6. The van der Waals surface area contributed by atoms with Crippen LogP contribution in [0.3, 0.4) is 0 Å². The van der Waals surface area contributed by atoms with Gasteiger partial charge in [-0.1, -0.05) is 6.58 Å². The Labute approximate surface area is 89.0 Å². The summed E-state index contributed by atoms with van der Waals surface area (Å²) in [5, 5.41) is 0. The van der Waals surface area contributed by atoms with Crippen molar-refractivity contribution in [2.45, 2.75) is 13.8 Å². The molecule has 0 atom stereocenters. The molecule has 0 aromatic rings. The SMILES string of the molecule is C=C(C)C(=O)O[NH2+]CC.COS(=O)(=O)[O-]. The Morgan fingerprint density at radius 3 is 2.13 bits per heavy atom. The minimum absolute atomic E-state index is 0.350. The van der Waals surface area contributed by atoms with E-state index in [1.807, 2.05) is 6.92 Å². The van der Waals surface area contributed by atoms with E-state index in [-0.39, 0.29) is 5.97 Å². The maximum absolute atomic E-state index is 10.5. The molecule has 0 aromatic carbocycles. The molecule has 0 spiro atoms. The second kappa shape index (κ2) is 8.36. The van der Waals surface area contributed by atoms with Gasteiger partial charge < -0.3 is 4.55 Å². The standard InChI is InChI=1S/C6H11NO2.CH4O4S/c1-4-7-9-6(8)5(2)3;1-5-6(2,3)4/h7H,2,4H2,1,3H3;1H3,(H,2,3,4). The van der Waals surface area contributed by atoms with Crippen molar-refractivity contribution >= 4 is 16.4 Å². The predicted octanol–water partition coefficient (Wildman–Crippen LogP) is -1.30. The minimum Gasteiger partial charge on any atom is -0.726 e. The van der Waals surface area contributed by atoms with Crippen molar-refractivity contribution < 1.29 is 32.3 Å². The highest BCUT2D eigenvalue weighted by atomic mass is 32.3. The average molecular weight is 241 g/mol. The van der Waals surface area contributed by atoms with Crippen LogP contribution in [0.15, 0.2) is 12.2 Å². The Kier molecular flexibility index (Phi) is 9.18. The van der Waals surface area contributed by atoms with Gasteiger partial charge >= 0.3 is 5.97 Å². The van der Waals surface area contributed by atoms with E-state index in [0.29, 0.717) is 5.57 Å². The first-order valence-corrected chi connectivity index (χ1v) is 5.27. The summed E-state index contributed by atoms with van der Waals surface area (Å²) in [6.45, 7) is 7.66. The Morgan fingerprint density at radius 2 is 1.93 bits per heavy atom. The third kappa shape index (κ3) is 15.8. The van der Waals surface area contributed by atoms with Crippen molar-refractivity contribution in [3.63, 3.8) is 0 Å². The van der Waals surface area contributed by atoms with E-state index < -0.39 is 10.4 Å². The molecule has 0 aliphatic carbocycles. The van der Waals surface area contributed by atoms with E-state index in [9.17, 15) is 17.8 Å². The fourth-order valence-electron chi connectivity index (χ4n) is 0.260. The Hall–Kier alpha value is -0.960. The third-order valence-corrected chi connectivity index (χ3v) is 1.32. The molecule has 0 aliphatic rings. The molecule has 0 radical (unpaired) electrons. The van der Waals surface area contributed by atoms with Crippen LogP contribution >= 0.6 is 0 Å². The van der Waals surface area contributed by atoms with Crippen LogP contribution in [-0.4, -0.2) is 32.6 Å². The van der Waals surface area contributed by atoms with Gasteiger partial charge in [0.1, 0.15) is 6.54 Å². The van der Waals surface area contributed by atoms with Crippen LogP contribution in [-0.2, 0) is 24.2 Å². The van der Waals surface area contributed by atoms with Gasteiger partial charge in [0.25, 0.3) is 0 Å². The molecule has 15 heavy (non-hydrogen) atoms. The molecule has 0 saturated carbocycles. The number of hydroxylamine groups is 1. The predicted molar refractivity (Wildman–Crippen MR) is 50.1 cm³/mol. The van der Waals surface area contributed by atoms with Crippen LogP contribution in [0.5, 0.6) is 0 Å². The van der Waals surface area contributed by atoms with Gasteiger partial charge in [0.05, 0.1) is 7.11 Å². The molecule has 0 aromatic heterocycles. The lowest BCUT2D eigenvalue weighted by Crippen LogP contribution is -2.83.